The molecule has 6 nitrogen and oxygen atoms in total. The summed E-state index contributed by atoms with van der Waals surface area (Å²) >= 11 is 0. The van der Waals surface area contributed by atoms with Gasteiger partial charge in [-0.15, -0.1) is 0 Å². The van der Waals surface area contributed by atoms with Crippen LogP contribution in [0, 0.1) is 6.92 Å². The molecule has 2 amide bonds. The number of amides is 2. The number of carbonyl (C=O) groups excluding carboxylic acids is 2. The molecule has 0 aliphatic carbocycles. The summed E-state index contributed by atoms with van der Waals surface area (Å²) in [6.45, 7) is 7.62. The first-order valence-corrected chi connectivity index (χ1v) is 9.44. The Morgan fingerprint density at radius 3 is 2.32 bits per heavy atom. The number of rotatable bonds is 8. The summed E-state index contributed by atoms with van der Waals surface area (Å²) in [4.78, 5) is 24.0. The highest BCUT2D eigenvalue weighted by atomic mass is 16.5. The van der Waals surface area contributed by atoms with E-state index in [1.807, 2.05) is 49.4 Å². The number of hydrogen-bond acceptors (Lipinski definition) is 4. The van der Waals surface area contributed by atoms with Crippen LogP contribution in [0.4, 0.5) is 0 Å². The molecule has 2 atom stereocenters. The Kier molecular flexibility index (Phi) is 7.87. The van der Waals surface area contributed by atoms with E-state index in [9.17, 15) is 9.59 Å². The van der Waals surface area contributed by atoms with E-state index in [0.29, 0.717) is 17.4 Å². The average molecular weight is 384 g/mol. The first-order chi connectivity index (χ1) is 13.4. The maximum atomic E-state index is 12.1. The molecule has 2 aromatic carbocycles. The molecule has 0 saturated carbocycles. The lowest BCUT2D eigenvalue weighted by Crippen LogP contribution is -2.48. The number of ether oxygens (including phenoxy) is 2. The Labute approximate surface area is 166 Å². The zero-order chi connectivity index (χ0) is 20.5. The van der Waals surface area contributed by atoms with Crippen molar-refractivity contribution in [2.75, 3.05) is 6.61 Å². The standard InChI is InChI=1S/C22H28N2O4/c1-5-15(2)18-10-12-19(13-11-18)27-14-21(25)23-24-22(26)17(4)28-20-9-7-6-8-16(20)3/h6-13,15,17H,5,14H2,1-4H3,(H,23,25)(H,24,26). The molecule has 28 heavy (non-hydrogen) atoms. The van der Waals surface area contributed by atoms with Gasteiger partial charge in [0.25, 0.3) is 11.8 Å². The SMILES string of the molecule is CCC(C)c1ccc(OCC(=O)NNC(=O)C(C)Oc2ccccc2C)cc1. The number of para-hydroxylation sites is 1. The summed E-state index contributed by atoms with van der Waals surface area (Å²) < 4.78 is 11.1. The Balaban J connectivity index is 1.74. The van der Waals surface area contributed by atoms with Gasteiger partial charge in [-0.05, 0) is 55.5 Å². The number of benzene rings is 2. The summed E-state index contributed by atoms with van der Waals surface area (Å²) in [6.07, 6.45) is 0.310. The maximum absolute atomic E-state index is 12.1. The number of aryl methyl sites for hydroxylation is 1. The third-order valence-electron chi connectivity index (χ3n) is 4.52. The molecule has 6 heteroatoms. The molecule has 0 bridgehead atoms. The number of nitrogens with one attached hydrogen (secondary N) is 2. The number of carbonyl (C=O) groups is 2. The quantitative estimate of drug-likeness (QED) is 0.683. The molecule has 150 valence electrons. The van der Waals surface area contributed by atoms with E-state index in [1.165, 1.54) is 5.56 Å². The Hall–Kier alpha value is -3.02. The van der Waals surface area contributed by atoms with Gasteiger partial charge in [-0.2, -0.15) is 0 Å². The fourth-order valence-corrected chi connectivity index (χ4v) is 2.48. The van der Waals surface area contributed by atoms with Crippen molar-refractivity contribution >= 4 is 11.8 Å². The molecule has 0 aliphatic rings. The Morgan fingerprint density at radius 2 is 1.68 bits per heavy atom. The normalized spacial score (nSPS) is 12.6. The fourth-order valence-electron chi connectivity index (χ4n) is 2.48. The highest BCUT2D eigenvalue weighted by molar-refractivity contribution is 5.85. The summed E-state index contributed by atoms with van der Waals surface area (Å²) in [6, 6.07) is 15.1. The molecule has 2 N–H and O–H groups in total. The van der Waals surface area contributed by atoms with E-state index in [2.05, 4.69) is 24.7 Å². The van der Waals surface area contributed by atoms with Crippen molar-refractivity contribution in [2.24, 2.45) is 0 Å². The van der Waals surface area contributed by atoms with Crippen LogP contribution in [0.3, 0.4) is 0 Å². The minimum atomic E-state index is -0.754. The number of hydrogen-bond donors (Lipinski definition) is 2. The topological polar surface area (TPSA) is 76.7 Å². The van der Waals surface area contributed by atoms with Gasteiger partial charge < -0.3 is 9.47 Å². The maximum Gasteiger partial charge on any atom is 0.279 e. The summed E-state index contributed by atoms with van der Waals surface area (Å²) in [7, 11) is 0. The highest BCUT2D eigenvalue weighted by Gasteiger charge is 2.16. The van der Waals surface area contributed by atoms with Crippen LogP contribution in [0.25, 0.3) is 0 Å². The van der Waals surface area contributed by atoms with Gasteiger partial charge in [-0.1, -0.05) is 44.2 Å². The first-order valence-electron chi connectivity index (χ1n) is 9.44. The van der Waals surface area contributed by atoms with Crippen LogP contribution in [-0.2, 0) is 9.59 Å². The van der Waals surface area contributed by atoms with Crippen molar-refractivity contribution < 1.29 is 19.1 Å². The highest BCUT2D eigenvalue weighted by Crippen LogP contribution is 2.21. The van der Waals surface area contributed by atoms with Crippen molar-refractivity contribution in [1.29, 1.82) is 0 Å². The monoisotopic (exact) mass is 384 g/mol. The lowest BCUT2D eigenvalue weighted by Gasteiger charge is -2.16. The van der Waals surface area contributed by atoms with Gasteiger partial charge in [0.05, 0.1) is 0 Å². The summed E-state index contributed by atoms with van der Waals surface area (Å²) in [5.74, 6) is 0.804. The van der Waals surface area contributed by atoms with E-state index < -0.39 is 17.9 Å². The zero-order valence-corrected chi connectivity index (χ0v) is 16.8. The van der Waals surface area contributed by atoms with E-state index in [-0.39, 0.29) is 6.61 Å². The van der Waals surface area contributed by atoms with Crippen LogP contribution in [0.1, 0.15) is 44.2 Å². The molecule has 0 heterocycles. The molecule has 2 rings (SSSR count). The van der Waals surface area contributed by atoms with Gasteiger partial charge in [0.2, 0.25) is 0 Å². The van der Waals surface area contributed by atoms with Crippen LogP contribution >= 0.6 is 0 Å². The third-order valence-corrected chi connectivity index (χ3v) is 4.52. The van der Waals surface area contributed by atoms with Crippen LogP contribution in [0.15, 0.2) is 48.5 Å². The van der Waals surface area contributed by atoms with Crippen molar-refractivity contribution in [2.45, 2.75) is 46.1 Å². The van der Waals surface area contributed by atoms with Gasteiger partial charge in [-0.25, -0.2) is 0 Å². The molecule has 0 spiro atoms. The minimum absolute atomic E-state index is 0.198. The molecule has 0 aromatic heterocycles. The molecule has 0 aliphatic heterocycles. The van der Waals surface area contributed by atoms with E-state index in [4.69, 9.17) is 9.47 Å². The molecule has 0 radical (unpaired) electrons. The molecular formula is C22H28N2O4. The minimum Gasteiger partial charge on any atom is -0.484 e. The Bertz CT molecular complexity index is 789. The predicted octanol–water partition coefficient (Wildman–Crippen LogP) is 3.50. The second kappa shape index (κ2) is 10.3. The Morgan fingerprint density at radius 1 is 1.00 bits per heavy atom. The third kappa shape index (κ3) is 6.30. The molecule has 0 fully saturated rings. The zero-order valence-electron chi connectivity index (χ0n) is 16.8. The second-order valence-electron chi connectivity index (χ2n) is 6.73. The van der Waals surface area contributed by atoms with Crippen LogP contribution in [-0.4, -0.2) is 24.5 Å². The van der Waals surface area contributed by atoms with Crippen LogP contribution < -0.4 is 20.3 Å². The number of hydrazine groups is 1. The van der Waals surface area contributed by atoms with Crippen LogP contribution in [0.2, 0.25) is 0 Å². The average Bonchev–Trinajstić information content (AvgIpc) is 2.71. The lowest BCUT2D eigenvalue weighted by molar-refractivity contribution is -0.133. The van der Waals surface area contributed by atoms with Crippen molar-refractivity contribution in [1.82, 2.24) is 10.9 Å². The van der Waals surface area contributed by atoms with Crippen LogP contribution in [0.5, 0.6) is 11.5 Å². The molecular weight excluding hydrogens is 356 g/mol. The van der Waals surface area contributed by atoms with Gasteiger partial charge >= 0.3 is 0 Å². The first kappa shape index (κ1) is 21.3. The molecule has 0 saturated heterocycles. The van der Waals surface area contributed by atoms with Gasteiger partial charge in [0.1, 0.15) is 11.5 Å². The molecule has 2 aromatic rings. The largest absolute Gasteiger partial charge is 0.484 e. The van der Waals surface area contributed by atoms with Gasteiger partial charge in [-0.3, -0.25) is 20.4 Å². The lowest BCUT2D eigenvalue weighted by atomic mass is 9.99. The fraction of sp³-hybridized carbons (Fsp3) is 0.364. The smallest absolute Gasteiger partial charge is 0.279 e. The van der Waals surface area contributed by atoms with Crippen molar-refractivity contribution in [3.8, 4) is 11.5 Å². The van der Waals surface area contributed by atoms with E-state index in [1.54, 1.807) is 13.0 Å². The van der Waals surface area contributed by atoms with E-state index in [0.717, 1.165) is 12.0 Å². The van der Waals surface area contributed by atoms with Gasteiger partial charge in [0.15, 0.2) is 12.7 Å². The van der Waals surface area contributed by atoms with Gasteiger partial charge in [0, 0.05) is 0 Å². The predicted molar refractivity (Wildman–Crippen MR) is 108 cm³/mol. The molecule has 2 unspecified atom stereocenters. The van der Waals surface area contributed by atoms with Crippen molar-refractivity contribution in [3.05, 3.63) is 59.7 Å². The van der Waals surface area contributed by atoms with Crippen molar-refractivity contribution in [3.63, 3.8) is 0 Å². The summed E-state index contributed by atoms with van der Waals surface area (Å²) in [5.41, 5.74) is 6.84. The second-order valence-corrected chi connectivity index (χ2v) is 6.73. The van der Waals surface area contributed by atoms with E-state index >= 15 is 0 Å². The summed E-state index contributed by atoms with van der Waals surface area (Å²) in [5, 5.41) is 0.